The number of benzene rings is 1. The summed E-state index contributed by atoms with van der Waals surface area (Å²) in [6, 6.07) is 9.10. The van der Waals surface area contributed by atoms with E-state index in [0.29, 0.717) is 0 Å². The van der Waals surface area contributed by atoms with E-state index in [1.54, 1.807) is 6.92 Å². The maximum Gasteiger partial charge on any atom is 0.408 e. The number of carbonyl (C=O) groups excluding carboxylic acids is 2. The van der Waals surface area contributed by atoms with Gasteiger partial charge in [-0.05, 0) is 25.3 Å². The van der Waals surface area contributed by atoms with Crippen molar-refractivity contribution in [3.63, 3.8) is 0 Å². The molecule has 102 valence electrons. The van der Waals surface area contributed by atoms with Crippen LogP contribution in [0.1, 0.15) is 25.3 Å². The molecule has 1 saturated carbocycles. The zero-order valence-corrected chi connectivity index (χ0v) is 10.9. The van der Waals surface area contributed by atoms with Gasteiger partial charge in [-0.15, -0.1) is 0 Å². The Balaban J connectivity index is 1.69. The van der Waals surface area contributed by atoms with E-state index in [9.17, 15) is 9.59 Å². The molecule has 0 unspecified atom stereocenters. The molecule has 1 aromatic carbocycles. The Bertz CT molecular complexity index is 443. The van der Waals surface area contributed by atoms with Gasteiger partial charge in [0.2, 0.25) is 5.91 Å². The van der Waals surface area contributed by atoms with Crippen LogP contribution < -0.4 is 10.6 Å². The van der Waals surface area contributed by atoms with Crippen LogP contribution in [0.4, 0.5) is 4.79 Å². The molecule has 0 aliphatic heterocycles. The minimum Gasteiger partial charge on any atom is -0.445 e. The maximum absolute atomic E-state index is 11.6. The Hall–Kier alpha value is -2.04. The van der Waals surface area contributed by atoms with Gasteiger partial charge in [-0.3, -0.25) is 4.79 Å². The maximum atomic E-state index is 11.6. The fourth-order valence-electron chi connectivity index (χ4n) is 1.56. The van der Waals surface area contributed by atoms with Crippen molar-refractivity contribution in [2.75, 3.05) is 0 Å². The first-order chi connectivity index (χ1) is 9.15. The molecule has 5 heteroatoms. The second-order valence-corrected chi connectivity index (χ2v) is 4.71. The summed E-state index contributed by atoms with van der Waals surface area (Å²) in [6.07, 6.45) is 1.47. The monoisotopic (exact) mass is 262 g/mol. The summed E-state index contributed by atoms with van der Waals surface area (Å²) >= 11 is 0. The molecule has 0 saturated heterocycles. The topological polar surface area (TPSA) is 67.4 Å². The molecule has 2 rings (SSSR count). The zero-order chi connectivity index (χ0) is 13.7. The van der Waals surface area contributed by atoms with Gasteiger partial charge in [-0.25, -0.2) is 4.79 Å². The molecule has 0 heterocycles. The lowest BCUT2D eigenvalue weighted by atomic mass is 10.2. The van der Waals surface area contributed by atoms with Crippen molar-refractivity contribution in [1.82, 2.24) is 10.6 Å². The third-order valence-electron chi connectivity index (χ3n) is 2.86. The van der Waals surface area contributed by atoms with Crippen LogP contribution in [0, 0.1) is 0 Å². The van der Waals surface area contributed by atoms with Gasteiger partial charge in [0.25, 0.3) is 0 Å². The number of carbonyl (C=O) groups is 2. The average Bonchev–Trinajstić information content (AvgIpc) is 3.21. The number of hydrogen-bond donors (Lipinski definition) is 2. The van der Waals surface area contributed by atoms with E-state index in [1.807, 2.05) is 30.3 Å². The van der Waals surface area contributed by atoms with E-state index in [0.717, 1.165) is 18.4 Å². The smallest absolute Gasteiger partial charge is 0.408 e. The van der Waals surface area contributed by atoms with Crippen LogP contribution in [-0.2, 0) is 16.1 Å². The first-order valence-electron chi connectivity index (χ1n) is 6.43. The number of amides is 2. The fourth-order valence-corrected chi connectivity index (χ4v) is 1.56. The average molecular weight is 262 g/mol. The van der Waals surface area contributed by atoms with Crippen molar-refractivity contribution in [3.05, 3.63) is 35.9 Å². The van der Waals surface area contributed by atoms with E-state index >= 15 is 0 Å². The summed E-state index contributed by atoms with van der Waals surface area (Å²) in [5, 5.41) is 5.33. The Kier molecular flexibility index (Phi) is 4.39. The summed E-state index contributed by atoms with van der Waals surface area (Å²) in [6.45, 7) is 1.84. The summed E-state index contributed by atoms with van der Waals surface area (Å²) in [5.41, 5.74) is 0.910. The van der Waals surface area contributed by atoms with Crippen molar-refractivity contribution in [2.45, 2.75) is 38.5 Å². The highest BCUT2D eigenvalue weighted by Gasteiger charge is 2.26. The van der Waals surface area contributed by atoms with Crippen molar-refractivity contribution < 1.29 is 14.3 Å². The van der Waals surface area contributed by atoms with E-state index in [4.69, 9.17) is 4.74 Å². The second kappa shape index (κ2) is 6.22. The molecule has 1 atom stereocenters. The van der Waals surface area contributed by atoms with Gasteiger partial charge < -0.3 is 15.4 Å². The summed E-state index contributed by atoms with van der Waals surface area (Å²) in [5.74, 6) is -0.167. The Morgan fingerprint density at radius 2 is 2.00 bits per heavy atom. The second-order valence-electron chi connectivity index (χ2n) is 4.71. The van der Waals surface area contributed by atoms with Crippen LogP contribution in [0.25, 0.3) is 0 Å². The SMILES string of the molecule is C[C@H](NC(=O)OCc1ccccc1)C(=O)NC1CC1. The molecule has 1 fully saturated rings. The molecule has 19 heavy (non-hydrogen) atoms. The molecule has 0 bridgehead atoms. The van der Waals surface area contributed by atoms with Gasteiger partial charge in [-0.1, -0.05) is 30.3 Å². The van der Waals surface area contributed by atoms with Crippen LogP contribution in [0.15, 0.2) is 30.3 Å². The molecular weight excluding hydrogens is 244 g/mol. The van der Waals surface area contributed by atoms with Gasteiger partial charge in [-0.2, -0.15) is 0 Å². The van der Waals surface area contributed by atoms with Gasteiger partial charge >= 0.3 is 6.09 Å². The highest BCUT2D eigenvalue weighted by atomic mass is 16.5. The van der Waals surface area contributed by atoms with Crippen molar-refractivity contribution in [2.24, 2.45) is 0 Å². The van der Waals surface area contributed by atoms with Gasteiger partial charge in [0.05, 0.1) is 0 Å². The molecular formula is C14H18N2O3. The summed E-state index contributed by atoms with van der Waals surface area (Å²) in [7, 11) is 0. The van der Waals surface area contributed by atoms with E-state index in [1.165, 1.54) is 0 Å². The van der Waals surface area contributed by atoms with E-state index < -0.39 is 12.1 Å². The number of ether oxygens (including phenoxy) is 1. The molecule has 1 aromatic rings. The Morgan fingerprint density at radius 1 is 1.32 bits per heavy atom. The van der Waals surface area contributed by atoms with Crippen molar-refractivity contribution in [3.8, 4) is 0 Å². The normalized spacial score (nSPS) is 15.4. The van der Waals surface area contributed by atoms with Crippen LogP contribution in [-0.4, -0.2) is 24.1 Å². The molecule has 0 aromatic heterocycles. The number of hydrogen-bond acceptors (Lipinski definition) is 3. The van der Waals surface area contributed by atoms with E-state index in [2.05, 4.69) is 10.6 Å². The van der Waals surface area contributed by atoms with Crippen molar-refractivity contribution in [1.29, 1.82) is 0 Å². The molecule has 0 spiro atoms. The lowest BCUT2D eigenvalue weighted by Gasteiger charge is -2.13. The molecule has 2 amide bonds. The number of nitrogens with one attached hydrogen (secondary N) is 2. The van der Waals surface area contributed by atoms with Gasteiger partial charge in [0, 0.05) is 6.04 Å². The Labute approximate surface area is 112 Å². The van der Waals surface area contributed by atoms with Gasteiger partial charge in [0.1, 0.15) is 12.6 Å². The standard InChI is InChI=1S/C14H18N2O3/c1-10(13(17)16-12-7-8-12)15-14(18)19-9-11-5-3-2-4-6-11/h2-6,10,12H,7-9H2,1H3,(H,15,18)(H,16,17)/t10-/m0/s1. The predicted octanol–water partition coefficient (Wildman–Crippen LogP) is 1.58. The van der Waals surface area contributed by atoms with Crippen LogP contribution in [0.3, 0.4) is 0 Å². The van der Waals surface area contributed by atoms with Gasteiger partial charge in [0.15, 0.2) is 0 Å². The summed E-state index contributed by atoms with van der Waals surface area (Å²) in [4.78, 5) is 23.1. The highest BCUT2D eigenvalue weighted by molar-refractivity contribution is 5.85. The molecule has 2 N–H and O–H groups in total. The zero-order valence-electron chi connectivity index (χ0n) is 10.9. The number of alkyl carbamates (subject to hydrolysis) is 1. The minimum absolute atomic E-state index is 0.167. The summed E-state index contributed by atoms with van der Waals surface area (Å²) < 4.78 is 5.04. The molecule has 0 radical (unpaired) electrons. The molecule has 1 aliphatic carbocycles. The largest absolute Gasteiger partial charge is 0.445 e. The quantitative estimate of drug-likeness (QED) is 0.846. The first-order valence-corrected chi connectivity index (χ1v) is 6.43. The third kappa shape index (κ3) is 4.62. The Morgan fingerprint density at radius 3 is 2.63 bits per heavy atom. The highest BCUT2D eigenvalue weighted by Crippen LogP contribution is 2.18. The first kappa shape index (κ1) is 13.4. The lowest BCUT2D eigenvalue weighted by Crippen LogP contribution is -2.45. The predicted molar refractivity (Wildman–Crippen MR) is 70.4 cm³/mol. The minimum atomic E-state index is -0.581. The van der Waals surface area contributed by atoms with Crippen LogP contribution in [0.5, 0.6) is 0 Å². The fraction of sp³-hybridized carbons (Fsp3) is 0.429. The molecule has 1 aliphatic rings. The van der Waals surface area contributed by atoms with Crippen molar-refractivity contribution >= 4 is 12.0 Å². The van der Waals surface area contributed by atoms with Crippen LogP contribution >= 0.6 is 0 Å². The van der Waals surface area contributed by atoms with Crippen LogP contribution in [0.2, 0.25) is 0 Å². The number of rotatable bonds is 5. The molecule has 5 nitrogen and oxygen atoms in total. The lowest BCUT2D eigenvalue weighted by molar-refractivity contribution is -0.122. The van der Waals surface area contributed by atoms with E-state index in [-0.39, 0.29) is 18.6 Å². The third-order valence-corrected chi connectivity index (χ3v) is 2.86.